The van der Waals surface area contributed by atoms with Gasteiger partial charge in [-0.15, -0.1) is 11.3 Å². The smallest absolute Gasteiger partial charge is 0.253 e. The Hall–Kier alpha value is -3.84. The SMILES string of the molecule is CNC(=O)c1c(-c2ccc(F)cc2)sc2ccc(-c3cccc(CONC4(c5ccccc5)CCC4)c3)cc12. The van der Waals surface area contributed by atoms with Crippen LogP contribution in [0.2, 0.25) is 0 Å². The van der Waals surface area contributed by atoms with Crippen LogP contribution in [-0.4, -0.2) is 13.0 Å². The normalized spacial score (nSPS) is 14.2. The first-order chi connectivity index (χ1) is 19.1. The molecule has 4 aromatic carbocycles. The number of carbonyl (C=O) groups is 1. The second-order valence-electron chi connectivity index (χ2n) is 10.00. The number of hydrogen-bond donors (Lipinski definition) is 2. The molecule has 0 atom stereocenters. The second-order valence-corrected chi connectivity index (χ2v) is 11.0. The van der Waals surface area contributed by atoms with E-state index in [0.717, 1.165) is 50.1 Å². The maximum absolute atomic E-state index is 13.6. The van der Waals surface area contributed by atoms with Crippen LogP contribution in [0.4, 0.5) is 4.39 Å². The Morgan fingerprint density at radius 2 is 1.64 bits per heavy atom. The minimum Gasteiger partial charge on any atom is -0.355 e. The van der Waals surface area contributed by atoms with Crippen LogP contribution in [0.3, 0.4) is 0 Å². The molecule has 1 aliphatic carbocycles. The van der Waals surface area contributed by atoms with Crippen molar-refractivity contribution in [3.8, 4) is 21.6 Å². The highest BCUT2D eigenvalue weighted by Crippen LogP contribution is 2.42. The number of amides is 1. The predicted octanol–water partition coefficient (Wildman–Crippen LogP) is 7.83. The van der Waals surface area contributed by atoms with Gasteiger partial charge in [0.2, 0.25) is 0 Å². The van der Waals surface area contributed by atoms with Crippen molar-refractivity contribution in [2.75, 3.05) is 7.05 Å². The summed E-state index contributed by atoms with van der Waals surface area (Å²) in [7, 11) is 1.63. The van der Waals surface area contributed by atoms with Crippen molar-refractivity contribution in [2.45, 2.75) is 31.4 Å². The molecule has 1 amide bonds. The number of benzene rings is 4. The molecule has 39 heavy (non-hydrogen) atoms. The van der Waals surface area contributed by atoms with Crippen molar-refractivity contribution < 1.29 is 14.0 Å². The average molecular weight is 537 g/mol. The molecule has 6 heteroatoms. The maximum atomic E-state index is 13.6. The Morgan fingerprint density at radius 3 is 2.36 bits per heavy atom. The molecular weight excluding hydrogens is 507 g/mol. The van der Waals surface area contributed by atoms with Crippen LogP contribution in [-0.2, 0) is 17.0 Å². The maximum Gasteiger partial charge on any atom is 0.253 e. The third kappa shape index (κ3) is 4.99. The Balaban J connectivity index is 1.26. The van der Waals surface area contributed by atoms with Crippen LogP contribution in [0.25, 0.3) is 31.7 Å². The molecule has 5 aromatic rings. The van der Waals surface area contributed by atoms with Crippen molar-refractivity contribution in [3.63, 3.8) is 0 Å². The van der Waals surface area contributed by atoms with Crippen molar-refractivity contribution in [1.29, 1.82) is 0 Å². The summed E-state index contributed by atoms with van der Waals surface area (Å²) in [4.78, 5) is 19.9. The van der Waals surface area contributed by atoms with E-state index in [1.807, 2.05) is 12.1 Å². The Labute approximate surface area is 231 Å². The largest absolute Gasteiger partial charge is 0.355 e. The van der Waals surface area contributed by atoms with Gasteiger partial charge in [-0.3, -0.25) is 9.63 Å². The fourth-order valence-electron chi connectivity index (χ4n) is 5.27. The quantitative estimate of drug-likeness (QED) is 0.199. The lowest BCUT2D eigenvalue weighted by molar-refractivity contribution is -0.0669. The van der Waals surface area contributed by atoms with Crippen LogP contribution < -0.4 is 10.8 Å². The molecule has 2 N–H and O–H groups in total. The van der Waals surface area contributed by atoms with Gasteiger partial charge in [0.25, 0.3) is 5.91 Å². The molecule has 1 saturated carbocycles. The lowest BCUT2D eigenvalue weighted by Crippen LogP contribution is -2.47. The molecule has 1 fully saturated rings. The molecule has 0 radical (unpaired) electrons. The predicted molar refractivity (Wildman–Crippen MR) is 156 cm³/mol. The van der Waals surface area contributed by atoms with Gasteiger partial charge < -0.3 is 5.32 Å². The number of hydrogen-bond acceptors (Lipinski definition) is 4. The highest BCUT2D eigenvalue weighted by Gasteiger charge is 2.38. The van der Waals surface area contributed by atoms with E-state index in [1.54, 1.807) is 30.5 Å². The van der Waals surface area contributed by atoms with Gasteiger partial charge in [-0.05, 0) is 77.4 Å². The first-order valence-electron chi connectivity index (χ1n) is 13.1. The number of carbonyl (C=O) groups excluding carboxylic acids is 1. The number of hydroxylamine groups is 1. The molecule has 0 bridgehead atoms. The van der Waals surface area contributed by atoms with E-state index >= 15 is 0 Å². The monoisotopic (exact) mass is 536 g/mol. The second kappa shape index (κ2) is 10.7. The number of halogens is 1. The van der Waals surface area contributed by atoms with E-state index in [1.165, 1.54) is 24.1 Å². The Bertz CT molecular complexity index is 1630. The standard InChI is InChI=1S/C33H29FN2O2S/c1-35-32(37)30-28-20-25(13-16-29(28)39-31(30)23-11-14-27(34)15-12-23)24-8-5-7-22(19-24)21-38-36-33(17-6-18-33)26-9-3-2-4-10-26/h2-5,7-16,19-20,36H,6,17-18,21H2,1H3,(H,35,37). The van der Waals surface area contributed by atoms with Crippen molar-refractivity contribution in [2.24, 2.45) is 0 Å². The van der Waals surface area contributed by atoms with E-state index in [-0.39, 0.29) is 17.3 Å². The van der Waals surface area contributed by atoms with Gasteiger partial charge in [0.15, 0.2) is 0 Å². The van der Waals surface area contributed by atoms with Crippen LogP contribution in [0.15, 0.2) is 97.1 Å². The van der Waals surface area contributed by atoms with Crippen LogP contribution in [0.1, 0.15) is 40.7 Å². The molecule has 4 nitrogen and oxygen atoms in total. The first kappa shape index (κ1) is 25.4. The first-order valence-corrected chi connectivity index (χ1v) is 14.0. The zero-order valence-corrected chi connectivity index (χ0v) is 22.5. The molecular formula is C33H29FN2O2S. The molecule has 1 aliphatic rings. The van der Waals surface area contributed by atoms with E-state index < -0.39 is 0 Å². The van der Waals surface area contributed by atoms with Crippen LogP contribution in [0, 0.1) is 5.82 Å². The van der Waals surface area contributed by atoms with Gasteiger partial charge in [-0.25, -0.2) is 4.39 Å². The highest BCUT2D eigenvalue weighted by molar-refractivity contribution is 7.22. The van der Waals surface area contributed by atoms with Gasteiger partial charge >= 0.3 is 0 Å². The molecule has 0 saturated heterocycles. The number of thiophene rings is 1. The minimum atomic E-state index is -0.300. The Kier molecular flexibility index (Phi) is 7.00. The van der Waals surface area contributed by atoms with Gasteiger partial charge in [-0.1, -0.05) is 66.7 Å². The molecule has 0 aliphatic heterocycles. The number of rotatable bonds is 8. The third-order valence-corrected chi connectivity index (χ3v) is 8.77. The summed E-state index contributed by atoms with van der Waals surface area (Å²) in [6.45, 7) is 0.446. The molecule has 1 aromatic heterocycles. The Morgan fingerprint density at radius 1 is 0.897 bits per heavy atom. The minimum absolute atomic E-state index is 0.110. The van der Waals surface area contributed by atoms with Gasteiger partial charge in [0.05, 0.1) is 17.7 Å². The summed E-state index contributed by atoms with van der Waals surface area (Å²) in [6, 6.07) is 31.3. The average Bonchev–Trinajstić information content (AvgIpc) is 3.34. The van der Waals surface area contributed by atoms with Gasteiger partial charge in [0.1, 0.15) is 5.82 Å². The zero-order chi connectivity index (χ0) is 26.8. The van der Waals surface area contributed by atoms with Gasteiger partial charge in [0, 0.05) is 22.0 Å². The number of nitrogens with one attached hydrogen (secondary N) is 2. The molecule has 0 unspecified atom stereocenters. The van der Waals surface area contributed by atoms with E-state index in [4.69, 9.17) is 4.84 Å². The summed E-state index contributed by atoms with van der Waals surface area (Å²) in [6.07, 6.45) is 3.31. The fraction of sp³-hybridized carbons (Fsp3) is 0.182. The summed E-state index contributed by atoms with van der Waals surface area (Å²) in [5, 5.41) is 3.66. The summed E-state index contributed by atoms with van der Waals surface area (Å²) < 4.78 is 14.6. The molecule has 196 valence electrons. The molecule has 0 spiro atoms. The fourth-order valence-corrected chi connectivity index (χ4v) is 6.45. The van der Waals surface area contributed by atoms with Gasteiger partial charge in [-0.2, -0.15) is 5.48 Å². The van der Waals surface area contributed by atoms with Crippen LogP contribution >= 0.6 is 11.3 Å². The highest BCUT2D eigenvalue weighted by atomic mass is 32.1. The van der Waals surface area contributed by atoms with Crippen LogP contribution in [0.5, 0.6) is 0 Å². The third-order valence-electron chi connectivity index (χ3n) is 7.55. The van der Waals surface area contributed by atoms with Crippen molar-refractivity contribution in [1.82, 2.24) is 10.8 Å². The van der Waals surface area contributed by atoms with E-state index in [2.05, 4.69) is 71.5 Å². The lowest BCUT2D eigenvalue weighted by atomic mass is 9.72. The topological polar surface area (TPSA) is 50.4 Å². The van der Waals surface area contributed by atoms with Crippen molar-refractivity contribution in [3.05, 3.63) is 120 Å². The lowest BCUT2D eigenvalue weighted by Gasteiger charge is -2.42. The summed E-state index contributed by atoms with van der Waals surface area (Å²) in [5.41, 5.74) is 9.09. The molecule has 6 rings (SSSR count). The van der Waals surface area contributed by atoms with Crippen molar-refractivity contribution >= 4 is 27.3 Å². The van der Waals surface area contributed by atoms with E-state index in [0.29, 0.717) is 12.2 Å². The zero-order valence-electron chi connectivity index (χ0n) is 21.7. The molecule has 1 heterocycles. The summed E-state index contributed by atoms with van der Waals surface area (Å²) in [5.74, 6) is -0.458. The summed E-state index contributed by atoms with van der Waals surface area (Å²) >= 11 is 1.54. The van der Waals surface area contributed by atoms with E-state index in [9.17, 15) is 9.18 Å². The number of fused-ring (bicyclic) bond motifs is 1.